The van der Waals surface area contributed by atoms with Gasteiger partial charge in [0, 0.05) is 35.4 Å². The van der Waals surface area contributed by atoms with Gasteiger partial charge in [-0.3, -0.25) is 19.2 Å². The average Bonchev–Trinajstić information content (AvgIpc) is 2.81. The SMILES string of the molecule is CC(=O)N(Cl)c1ccc2c(c1NC(=O)c1ccccc1C(F)(F)F)C(=O)c1ccccc1C2=O. The standard InChI is InChI=1S/C24H14ClF3N2O4/c1-12(31)30(25)18-11-10-16-19(22(33)14-7-3-2-6-13(14)21(16)32)20(18)29-23(34)15-8-4-5-9-17(15)24(26,27)28/h2-11H,1H3,(H,29,34). The molecule has 10 heteroatoms. The fraction of sp³-hybridized carbons (Fsp3) is 0.0833. The van der Waals surface area contributed by atoms with E-state index in [9.17, 15) is 32.3 Å². The Morgan fingerprint density at radius 2 is 1.44 bits per heavy atom. The highest BCUT2D eigenvalue weighted by Crippen LogP contribution is 2.40. The smallest absolute Gasteiger partial charge is 0.319 e. The van der Waals surface area contributed by atoms with Gasteiger partial charge in [-0.1, -0.05) is 36.4 Å². The van der Waals surface area contributed by atoms with Gasteiger partial charge >= 0.3 is 6.18 Å². The van der Waals surface area contributed by atoms with E-state index in [0.717, 1.165) is 25.1 Å². The van der Waals surface area contributed by atoms with Crippen molar-refractivity contribution < 1.29 is 32.3 Å². The van der Waals surface area contributed by atoms with Crippen LogP contribution in [-0.2, 0) is 11.0 Å². The first-order chi connectivity index (χ1) is 16.0. The summed E-state index contributed by atoms with van der Waals surface area (Å²) in [7, 11) is 0. The summed E-state index contributed by atoms with van der Waals surface area (Å²) < 4.78 is 41.0. The minimum Gasteiger partial charge on any atom is -0.319 e. The second-order valence-corrected chi connectivity index (χ2v) is 7.72. The Hall–Kier alpha value is -3.98. The van der Waals surface area contributed by atoms with Crippen molar-refractivity contribution in [3.05, 3.63) is 94.0 Å². The lowest BCUT2D eigenvalue weighted by molar-refractivity contribution is -0.137. The number of hydrogen-bond acceptors (Lipinski definition) is 4. The molecule has 34 heavy (non-hydrogen) atoms. The van der Waals surface area contributed by atoms with Crippen molar-refractivity contribution in [2.75, 3.05) is 9.74 Å². The minimum absolute atomic E-state index is 0.0484. The van der Waals surface area contributed by atoms with Gasteiger partial charge in [0.25, 0.3) is 5.91 Å². The zero-order chi connectivity index (χ0) is 24.8. The summed E-state index contributed by atoms with van der Waals surface area (Å²) in [5.41, 5.74) is -2.59. The lowest BCUT2D eigenvalue weighted by Crippen LogP contribution is -2.27. The van der Waals surface area contributed by atoms with Crippen molar-refractivity contribution in [1.29, 1.82) is 0 Å². The van der Waals surface area contributed by atoms with E-state index in [2.05, 4.69) is 5.32 Å². The molecule has 4 rings (SSSR count). The van der Waals surface area contributed by atoms with E-state index in [-0.39, 0.29) is 33.6 Å². The third-order valence-corrected chi connectivity index (χ3v) is 5.70. The number of benzene rings is 3. The molecule has 0 bridgehead atoms. The molecule has 0 radical (unpaired) electrons. The van der Waals surface area contributed by atoms with Crippen molar-refractivity contribution in [1.82, 2.24) is 0 Å². The second-order valence-electron chi connectivity index (χ2n) is 7.38. The van der Waals surface area contributed by atoms with Gasteiger partial charge < -0.3 is 5.32 Å². The van der Waals surface area contributed by atoms with Crippen LogP contribution in [0.4, 0.5) is 24.5 Å². The molecule has 1 N–H and O–H groups in total. The van der Waals surface area contributed by atoms with Crippen LogP contribution in [0.1, 0.15) is 54.7 Å². The first-order valence-electron chi connectivity index (χ1n) is 9.82. The van der Waals surface area contributed by atoms with Gasteiger partial charge in [-0.05, 0) is 24.3 Å². The summed E-state index contributed by atoms with van der Waals surface area (Å²) in [5, 5.41) is 2.29. The summed E-state index contributed by atoms with van der Waals surface area (Å²) in [6.07, 6.45) is -4.82. The zero-order valence-electron chi connectivity index (χ0n) is 17.4. The minimum atomic E-state index is -4.82. The zero-order valence-corrected chi connectivity index (χ0v) is 18.1. The summed E-state index contributed by atoms with van der Waals surface area (Å²) >= 11 is 6.06. The Morgan fingerprint density at radius 3 is 2.06 bits per heavy atom. The van der Waals surface area contributed by atoms with Crippen molar-refractivity contribution in [2.24, 2.45) is 0 Å². The molecule has 1 aliphatic rings. The van der Waals surface area contributed by atoms with Crippen LogP contribution in [0.15, 0.2) is 60.7 Å². The van der Waals surface area contributed by atoms with Gasteiger partial charge in [-0.25, -0.2) is 4.42 Å². The molecule has 0 aromatic heterocycles. The van der Waals surface area contributed by atoms with Gasteiger partial charge in [-0.15, -0.1) is 0 Å². The molecule has 1 aliphatic carbocycles. The van der Waals surface area contributed by atoms with Gasteiger partial charge in [0.1, 0.15) is 0 Å². The number of carbonyl (C=O) groups is 4. The number of ketones is 2. The highest BCUT2D eigenvalue weighted by atomic mass is 35.5. The Balaban J connectivity index is 1.92. The lowest BCUT2D eigenvalue weighted by Gasteiger charge is -2.25. The Labute approximate surface area is 196 Å². The molecule has 172 valence electrons. The fourth-order valence-corrected chi connectivity index (χ4v) is 3.89. The van der Waals surface area contributed by atoms with E-state index < -0.39 is 40.7 Å². The number of nitrogens with zero attached hydrogens (tertiary/aromatic N) is 1. The number of halogens is 4. The molecular weight excluding hydrogens is 473 g/mol. The average molecular weight is 487 g/mol. The molecule has 0 unspecified atom stereocenters. The van der Waals surface area contributed by atoms with Crippen LogP contribution in [-0.4, -0.2) is 23.4 Å². The fourth-order valence-electron chi connectivity index (χ4n) is 3.74. The van der Waals surface area contributed by atoms with Crippen LogP contribution in [0.3, 0.4) is 0 Å². The van der Waals surface area contributed by atoms with Crippen molar-refractivity contribution in [2.45, 2.75) is 13.1 Å². The van der Waals surface area contributed by atoms with Crippen LogP contribution in [0.5, 0.6) is 0 Å². The van der Waals surface area contributed by atoms with Crippen LogP contribution in [0.25, 0.3) is 0 Å². The van der Waals surface area contributed by atoms with Gasteiger partial charge in [0.2, 0.25) is 5.91 Å². The molecule has 0 fully saturated rings. The van der Waals surface area contributed by atoms with E-state index >= 15 is 0 Å². The summed E-state index contributed by atoms with van der Waals surface area (Å²) in [6, 6.07) is 12.6. The van der Waals surface area contributed by atoms with Crippen LogP contribution in [0, 0.1) is 0 Å². The molecule has 0 spiro atoms. The maximum Gasteiger partial charge on any atom is 0.417 e. The van der Waals surface area contributed by atoms with Crippen molar-refractivity contribution >= 4 is 46.5 Å². The highest BCUT2D eigenvalue weighted by Gasteiger charge is 2.37. The third kappa shape index (κ3) is 3.84. The van der Waals surface area contributed by atoms with E-state index in [1.165, 1.54) is 30.3 Å². The maximum atomic E-state index is 13.5. The first-order valence-corrected chi connectivity index (χ1v) is 10.2. The molecule has 0 heterocycles. The van der Waals surface area contributed by atoms with E-state index in [1.807, 2.05) is 0 Å². The number of anilines is 2. The summed E-state index contributed by atoms with van der Waals surface area (Å²) in [6.45, 7) is 1.11. The lowest BCUT2D eigenvalue weighted by atomic mass is 9.82. The van der Waals surface area contributed by atoms with Crippen LogP contribution < -0.4 is 9.74 Å². The van der Waals surface area contributed by atoms with E-state index in [1.54, 1.807) is 12.1 Å². The number of hydrogen-bond donors (Lipinski definition) is 1. The number of rotatable bonds is 3. The van der Waals surface area contributed by atoms with E-state index in [4.69, 9.17) is 11.8 Å². The Morgan fingerprint density at radius 1 is 0.853 bits per heavy atom. The third-order valence-electron chi connectivity index (χ3n) is 5.27. The molecule has 2 amide bonds. The van der Waals surface area contributed by atoms with Crippen molar-refractivity contribution in [3.8, 4) is 0 Å². The number of carbonyl (C=O) groups excluding carboxylic acids is 4. The Bertz CT molecular complexity index is 1380. The van der Waals surface area contributed by atoms with Gasteiger partial charge in [-0.2, -0.15) is 13.2 Å². The topological polar surface area (TPSA) is 83.6 Å². The number of fused-ring (bicyclic) bond motifs is 2. The van der Waals surface area contributed by atoms with Crippen LogP contribution >= 0.6 is 11.8 Å². The maximum absolute atomic E-state index is 13.5. The second kappa shape index (κ2) is 8.42. The molecule has 3 aromatic rings. The van der Waals surface area contributed by atoms with Gasteiger partial charge in [0.05, 0.1) is 28.1 Å². The molecular formula is C24H14ClF3N2O4. The number of nitrogens with one attached hydrogen (secondary N) is 1. The predicted octanol–water partition coefficient (Wildman–Crippen LogP) is 5.24. The normalized spacial score (nSPS) is 12.6. The predicted molar refractivity (Wildman–Crippen MR) is 118 cm³/mol. The molecule has 3 aromatic carbocycles. The quantitative estimate of drug-likeness (QED) is 0.401. The monoisotopic (exact) mass is 486 g/mol. The first kappa shape index (κ1) is 23.2. The molecule has 0 saturated heterocycles. The molecule has 0 atom stereocenters. The van der Waals surface area contributed by atoms with Crippen molar-refractivity contribution in [3.63, 3.8) is 0 Å². The highest BCUT2D eigenvalue weighted by molar-refractivity contribution is 6.39. The van der Waals surface area contributed by atoms with E-state index in [0.29, 0.717) is 4.42 Å². The number of alkyl halides is 3. The molecule has 0 saturated carbocycles. The summed E-state index contributed by atoms with van der Waals surface area (Å²) in [4.78, 5) is 51.3. The van der Waals surface area contributed by atoms with Gasteiger partial charge in [0.15, 0.2) is 11.6 Å². The Kier molecular flexibility index (Phi) is 5.74. The molecule has 0 aliphatic heterocycles. The number of amides is 2. The molecule has 6 nitrogen and oxygen atoms in total. The van der Waals surface area contributed by atoms with Crippen LogP contribution in [0.2, 0.25) is 0 Å². The largest absolute Gasteiger partial charge is 0.417 e. The summed E-state index contributed by atoms with van der Waals surface area (Å²) in [5.74, 6) is -3.06.